The van der Waals surface area contributed by atoms with Crippen LogP contribution in [0.5, 0.6) is 0 Å². The molecule has 0 saturated carbocycles. The van der Waals surface area contributed by atoms with Crippen LogP contribution in [0.1, 0.15) is 12.0 Å². The van der Waals surface area contributed by atoms with Gasteiger partial charge in [0.25, 0.3) is 5.69 Å². The number of anilines is 1. The molecule has 0 unspecified atom stereocenters. The van der Waals surface area contributed by atoms with Crippen molar-refractivity contribution in [2.45, 2.75) is 12.6 Å². The molecule has 0 aliphatic carbocycles. The van der Waals surface area contributed by atoms with Gasteiger partial charge in [0.2, 0.25) is 0 Å². The van der Waals surface area contributed by atoms with E-state index < -0.39 is 22.4 Å². The minimum Gasteiger partial charge on any atom is -0.385 e. The molecule has 1 aromatic rings. The number of alkyl halides is 3. The van der Waals surface area contributed by atoms with Gasteiger partial charge in [0, 0.05) is 18.3 Å². The second-order valence-electron chi connectivity index (χ2n) is 4.57. The van der Waals surface area contributed by atoms with E-state index in [1.165, 1.54) is 6.07 Å². The molecule has 0 saturated heterocycles. The molecule has 112 valence electrons. The van der Waals surface area contributed by atoms with Crippen LogP contribution in [0, 0.1) is 10.1 Å². The van der Waals surface area contributed by atoms with Gasteiger partial charge in [-0.2, -0.15) is 13.2 Å². The van der Waals surface area contributed by atoms with Crippen LogP contribution in [-0.4, -0.2) is 37.0 Å². The highest BCUT2D eigenvalue weighted by atomic mass is 19.4. The van der Waals surface area contributed by atoms with Gasteiger partial charge >= 0.3 is 6.18 Å². The second kappa shape index (κ2) is 6.56. The zero-order valence-corrected chi connectivity index (χ0v) is 11.2. The van der Waals surface area contributed by atoms with Crippen LogP contribution in [-0.2, 0) is 6.18 Å². The average molecular weight is 291 g/mol. The molecular formula is C12H16F3N3O2. The van der Waals surface area contributed by atoms with E-state index in [1.54, 1.807) is 0 Å². The van der Waals surface area contributed by atoms with E-state index in [0.717, 1.165) is 25.1 Å². The highest BCUT2D eigenvalue weighted by Gasteiger charge is 2.38. The first kappa shape index (κ1) is 16.2. The molecule has 0 bridgehead atoms. The first-order valence-corrected chi connectivity index (χ1v) is 5.96. The predicted molar refractivity (Wildman–Crippen MR) is 69.8 cm³/mol. The van der Waals surface area contributed by atoms with Crippen molar-refractivity contribution in [2.24, 2.45) is 0 Å². The Hall–Kier alpha value is -1.83. The third-order valence-electron chi connectivity index (χ3n) is 2.61. The van der Waals surface area contributed by atoms with Gasteiger partial charge in [-0.3, -0.25) is 10.1 Å². The van der Waals surface area contributed by atoms with Crippen LogP contribution in [0.2, 0.25) is 0 Å². The third-order valence-corrected chi connectivity index (χ3v) is 2.61. The van der Waals surface area contributed by atoms with Gasteiger partial charge in [-0.25, -0.2) is 0 Å². The van der Waals surface area contributed by atoms with Crippen molar-refractivity contribution < 1.29 is 18.1 Å². The van der Waals surface area contributed by atoms with E-state index in [-0.39, 0.29) is 5.69 Å². The summed E-state index contributed by atoms with van der Waals surface area (Å²) >= 11 is 0. The largest absolute Gasteiger partial charge is 0.423 e. The summed E-state index contributed by atoms with van der Waals surface area (Å²) < 4.78 is 38.2. The first-order chi connectivity index (χ1) is 9.21. The average Bonchev–Trinajstić information content (AvgIpc) is 2.33. The molecule has 0 amide bonds. The number of nitro benzene ring substituents is 1. The third kappa shape index (κ3) is 4.69. The van der Waals surface area contributed by atoms with Gasteiger partial charge in [-0.15, -0.1) is 0 Å². The molecular weight excluding hydrogens is 275 g/mol. The van der Waals surface area contributed by atoms with Crippen molar-refractivity contribution in [1.29, 1.82) is 0 Å². The maximum absolute atomic E-state index is 12.7. The maximum atomic E-state index is 12.7. The fraction of sp³-hybridized carbons (Fsp3) is 0.500. The van der Waals surface area contributed by atoms with Crippen molar-refractivity contribution in [1.82, 2.24) is 4.90 Å². The smallest absolute Gasteiger partial charge is 0.385 e. The normalized spacial score (nSPS) is 11.7. The summed E-state index contributed by atoms with van der Waals surface area (Å²) in [6, 6.07) is 2.92. The summed E-state index contributed by atoms with van der Waals surface area (Å²) in [6.07, 6.45) is -3.99. The number of halogens is 3. The van der Waals surface area contributed by atoms with E-state index >= 15 is 0 Å². The summed E-state index contributed by atoms with van der Waals surface area (Å²) in [5.41, 5.74) is -1.95. The molecule has 0 aliphatic heterocycles. The SMILES string of the molecule is CN(C)CCCNc1ccc([N+](=O)[O-])c(C(F)(F)F)c1. The minimum atomic E-state index is -4.75. The number of nitrogens with one attached hydrogen (secondary N) is 1. The van der Waals surface area contributed by atoms with Crippen molar-refractivity contribution in [3.8, 4) is 0 Å². The zero-order valence-electron chi connectivity index (χ0n) is 11.2. The lowest BCUT2D eigenvalue weighted by molar-refractivity contribution is -0.388. The summed E-state index contributed by atoms with van der Waals surface area (Å²) in [7, 11) is 3.79. The molecule has 0 heterocycles. The number of nitro groups is 1. The van der Waals surface area contributed by atoms with Crippen LogP contribution < -0.4 is 5.32 Å². The molecule has 0 radical (unpaired) electrons. The Kier molecular flexibility index (Phi) is 5.32. The van der Waals surface area contributed by atoms with Crippen LogP contribution >= 0.6 is 0 Å². The highest BCUT2D eigenvalue weighted by Crippen LogP contribution is 2.37. The quantitative estimate of drug-likeness (QED) is 0.497. The first-order valence-electron chi connectivity index (χ1n) is 5.96. The Morgan fingerprint density at radius 2 is 2.00 bits per heavy atom. The predicted octanol–water partition coefficient (Wildman–Crippen LogP) is 2.98. The van der Waals surface area contributed by atoms with E-state index in [1.807, 2.05) is 19.0 Å². The molecule has 0 atom stereocenters. The molecule has 1 rings (SSSR count). The molecule has 20 heavy (non-hydrogen) atoms. The molecule has 0 spiro atoms. The van der Waals surface area contributed by atoms with Crippen LogP contribution in [0.4, 0.5) is 24.5 Å². The fourth-order valence-corrected chi connectivity index (χ4v) is 1.66. The minimum absolute atomic E-state index is 0.224. The summed E-state index contributed by atoms with van der Waals surface area (Å²) in [5.74, 6) is 0. The van der Waals surface area contributed by atoms with E-state index in [0.29, 0.717) is 6.54 Å². The van der Waals surface area contributed by atoms with Gasteiger partial charge in [0.1, 0.15) is 5.56 Å². The van der Waals surface area contributed by atoms with E-state index in [4.69, 9.17) is 0 Å². The molecule has 1 aromatic carbocycles. The highest BCUT2D eigenvalue weighted by molar-refractivity contribution is 5.55. The lowest BCUT2D eigenvalue weighted by Gasteiger charge is -2.12. The van der Waals surface area contributed by atoms with Gasteiger partial charge in [0.15, 0.2) is 0 Å². The summed E-state index contributed by atoms with van der Waals surface area (Å²) in [5, 5.41) is 13.4. The van der Waals surface area contributed by atoms with Crippen LogP contribution in [0.15, 0.2) is 18.2 Å². The Morgan fingerprint density at radius 1 is 1.35 bits per heavy atom. The standard InChI is InChI=1S/C12H16F3N3O2/c1-17(2)7-3-6-16-9-4-5-11(18(19)20)10(8-9)12(13,14)15/h4-5,8,16H,3,6-7H2,1-2H3. The molecule has 8 heteroatoms. The number of hydrogen-bond donors (Lipinski definition) is 1. The molecule has 0 aliphatic rings. The van der Waals surface area contributed by atoms with Gasteiger partial charge in [-0.05, 0) is 39.2 Å². The number of hydrogen-bond acceptors (Lipinski definition) is 4. The molecule has 0 fully saturated rings. The monoisotopic (exact) mass is 291 g/mol. The van der Waals surface area contributed by atoms with Crippen LogP contribution in [0.3, 0.4) is 0 Å². The molecule has 5 nitrogen and oxygen atoms in total. The van der Waals surface area contributed by atoms with Crippen molar-refractivity contribution in [3.05, 3.63) is 33.9 Å². The lowest BCUT2D eigenvalue weighted by Crippen LogP contribution is -2.16. The Morgan fingerprint density at radius 3 is 2.50 bits per heavy atom. The van der Waals surface area contributed by atoms with Crippen LogP contribution in [0.25, 0.3) is 0 Å². The summed E-state index contributed by atoms with van der Waals surface area (Å²) in [6.45, 7) is 1.29. The number of rotatable bonds is 6. The molecule has 1 N–H and O–H groups in total. The second-order valence-corrected chi connectivity index (χ2v) is 4.57. The topological polar surface area (TPSA) is 58.4 Å². The van der Waals surface area contributed by atoms with Crippen molar-refractivity contribution in [3.63, 3.8) is 0 Å². The Balaban J connectivity index is 2.83. The van der Waals surface area contributed by atoms with E-state index in [9.17, 15) is 23.3 Å². The zero-order chi connectivity index (χ0) is 15.3. The lowest BCUT2D eigenvalue weighted by atomic mass is 10.1. The fourth-order valence-electron chi connectivity index (χ4n) is 1.66. The Bertz CT molecular complexity index is 476. The number of benzene rings is 1. The van der Waals surface area contributed by atoms with Gasteiger partial charge in [0.05, 0.1) is 4.92 Å². The summed E-state index contributed by atoms with van der Waals surface area (Å²) in [4.78, 5) is 11.5. The van der Waals surface area contributed by atoms with Crippen molar-refractivity contribution >= 4 is 11.4 Å². The van der Waals surface area contributed by atoms with E-state index in [2.05, 4.69) is 5.32 Å². The maximum Gasteiger partial charge on any atom is 0.423 e. The number of nitrogens with zero attached hydrogens (tertiary/aromatic N) is 2. The van der Waals surface area contributed by atoms with Crippen molar-refractivity contribution in [2.75, 3.05) is 32.5 Å². The van der Waals surface area contributed by atoms with Gasteiger partial charge in [-0.1, -0.05) is 0 Å². The Labute approximate surface area is 114 Å². The van der Waals surface area contributed by atoms with Gasteiger partial charge < -0.3 is 10.2 Å². The molecule has 0 aromatic heterocycles.